The number of imidazole rings is 1. The lowest BCUT2D eigenvalue weighted by Crippen LogP contribution is -2.27. The second kappa shape index (κ2) is 6.65. The third kappa shape index (κ3) is 3.42. The van der Waals surface area contributed by atoms with Crippen LogP contribution in [-0.2, 0) is 17.9 Å². The molecule has 0 bridgehead atoms. The molecule has 1 aromatic heterocycles. The number of fused-ring (bicyclic) bond motifs is 1. The van der Waals surface area contributed by atoms with E-state index in [4.69, 9.17) is 0 Å². The highest BCUT2D eigenvalue weighted by Gasteiger charge is 2.11. The van der Waals surface area contributed by atoms with Crippen molar-refractivity contribution in [3.05, 3.63) is 66.0 Å². The van der Waals surface area contributed by atoms with Gasteiger partial charge in [0.2, 0.25) is 5.91 Å². The Bertz CT molecular complexity index is 822. The average Bonchev–Trinajstić information content (AvgIpc) is 2.98. The van der Waals surface area contributed by atoms with E-state index in [1.807, 2.05) is 48.0 Å². The molecule has 0 atom stereocenters. The molecule has 0 saturated carbocycles. The summed E-state index contributed by atoms with van der Waals surface area (Å²) in [6.07, 6.45) is 2.28. The van der Waals surface area contributed by atoms with E-state index < -0.39 is 0 Å². The largest absolute Gasteiger partial charge is 0.341 e. The van der Waals surface area contributed by atoms with Crippen LogP contribution in [0.15, 0.2) is 54.9 Å². The molecule has 3 aromatic rings. The molecule has 0 N–H and O–H groups in total. The summed E-state index contributed by atoms with van der Waals surface area (Å²) in [4.78, 5) is 18.5. The van der Waals surface area contributed by atoms with Crippen LogP contribution >= 0.6 is 0 Å². The monoisotopic (exact) mass is 307 g/mol. The molecule has 0 fully saturated rings. The number of amides is 1. The van der Waals surface area contributed by atoms with Crippen molar-refractivity contribution in [2.45, 2.75) is 26.4 Å². The Morgan fingerprint density at radius 2 is 1.87 bits per heavy atom. The maximum Gasteiger partial charge on any atom is 0.224 e. The van der Waals surface area contributed by atoms with Crippen molar-refractivity contribution in [2.24, 2.45) is 0 Å². The predicted octanol–water partition coefficient (Wildman–Crippen LogP) is 3.39. The minimum Gasteiger partial charge on any atom is -0.341 e. The highest BCUT2D eigenvalue weighted by molar-refractivity contribution is 5.77. The van der Waals surface area contributed by atoms with Crippen molar-refractivity contribution < 1.29 is 4.79 Å². The highest BCUT2D eigenvalue weighted by Crippen LogP contribution is 2.13. The molecule has 3 rings (SSSR count). The summed E-state index contributed by atoms with van der Waals surface area (Å²) in [5, 5.41) is 0. The number of hydrogen-bond donors (Lipinski definition) is 0. The van der Waals surface area contributed by atoms with Gasteiger partial charge in [-0.3, -0.25) is 4.79 Å². The molecule has 0 aliphatic heterocycles. The average molecular weight is 307 g/mol. The van der Waals surface area contributed by atoms with Gasteiger partial charge in [0.15, 0.2) is 0 Å². The van der Waals surface area contributed by atoms with Gasteiger partial charge in [0.05, 0.1) is 17.4 Å². The lowest BCUT2D eigenvalue weighted by atomic mass is 10.1. The van der Waals surface area contributed by atoms with E-state index in [0.717, 1.165) is 11.0 Å². The van der Waals surface area contributed by atoms with Gasteiger partial charge in [0, 0.05) is 26.6 Å². The molecule has 23 heavy (non-hydrogen) atoms. The molecular formula is C19H21N3O. The molecule has 0 aliphatic rings. The molecule has 118 valence electrons. The van der Waals surface area contributed by atoms with E-state index in [1.54, 1.807) is 11.2 Å². The van der Waals surface area contributed by atoms with Gasteiger partial charge in [0.1, 0.15) is 0 Å². The van der Waals surface area contributed by atoms with Crippen molar-refractivity contribution in [3.8, 4) is 0 Å². The fourth-order valence-corrected chi connectivity index (χ4v) is 2.73. The molecule has 0 saturated heterocycles. The Labute approximate surface area is 136 Å². The number of para-hydroxylation sites is 2. The van der Waals surface area contributed by atoms with Crippen LogP contribution in [0.5, 0.6) is 0 Å². The van der Waals surface area contributed by atoms with Crippen LogP contribution in [0.2, 0.25) is 0 Å². The molecule has 2 aromatic carbocycles. The number of aryl methyl sites for hydroxylation is 2. The van der Waals surface area contributed by atoms with E-state index in [1.165, 1.54) is 11.1 Å². The lowest BCUT2D eigenvalue weighted by Gasteiger charge is -2.18. The summed E-state index contributed by atoms with van der Waals surface area (Å²) in [5.41, 5.74) is 4.44. The normalized spacial score (nSPS) is 10.9. The molecule has 0 unspecified atom stereocenters. The number of hydrogen-bond acceptors (Lipinski definition) is 2. The standard InChI is InChI=1S/C19H21N3O/c1-15-7-3-4-8-16(15)13-21(2)19(23)11-12-22-14-20-17-9-5-6-10-18(17)22/h3-10,14H,11-13H2,1-2H3. The van der Waals surface area contributed by atoms with Crippen LogP contribution in [0.25, 0.3) is 11.0 Å². The van der Waals surface area contributed by atoms with Gasteiger partial charge in [-0.05, 0) is 30.2 Å². The van der Waals surface area contributed by atoms with Crippen LogP contribution in [0.1, 0.15) is 17.5 Å². The zero-order valence-corrected chi connectivity index (χ0v) is 13.6. The fraction of sp³-hybridized carbons (Fsp3) is 0.263. The molecule has 0 spiro atoms. The van der Waals surface area contributed by atoms with E-state index in [0.29, 0.717) is 19.5 Å². The van der Waals surface area contributed by atoms with Gasteiger partial charge >= 0.3 is 0 Å². The van der Waals surface area contributed by atoms with Crippen LogP contribution in [-0.4, -0.2) is 27.4 Å². The molecule has 0 radical (unpaired) electrons. The van der Waals surface area contributed by atoms with Gasteiger partial charge < -0.3 is 9.47 Å². The molecule has 1 amide bonds. The summed E-state index contributed by atoms with van der Waals surface area (Å²) in [6.45, 7) is 3.37. The van der Waals surface area contributed by atoms with Gasteiger partial charge in [0.25, 0.3) is 0 Å². The summed E-state index contributed by atoms with van der Waals surface area (Å²) in [7, 11) is 1.86. The van der Waals surface area contributed by atoms with E-state index in [-0.39, 0.29) is 5.91 Å². The van der Waals surface area contributed by atoms with Crippen molar-refractivity contribution in [2.75, 3.05) is 7.05 Å². The highest BCUT2D eigenvalue weighted by atomic mass is 16.2. The third-order valence-electron chi connectivity index (χ3n) is 4.19. The van der Waals surface area contributed by atoms with Crippen LogP contribution in [0, 0.1) is 6.92 Å². The summed E-state index contributed by atoms with van der Waals surface area (Å²) in [5.74, 6) is 0.144. The Balaban J connectivity index is 1.62. The van der Waals surface area contributed by atoms with Gasteiger partial charge in [-0.15, -0.1) is 0 Å². The number of carbonyl (C=O) groups is 1. The second-order valence-electron chi connectivity index (χ2n) is 5.85. The van der Waals surface area contributed by atoms with E-state index in [9.17, 15) is 4.79 Å². The van der Waals surface area contributed by atoms with Gasteiger partial charge in [-0.2, -0.15) is 0 Å². The quantitative estimate of drug-likeness (QED) is 0.724. The first-order chi connectivity index (χ1) is 11.1. The van der Waals surface area contributed by atoms with Crippen molar-refractivity contribution >= 4 is 16.9 Å². The number of aromatic nitrogens is 2. The summed E-state index contributed by atoms with van der Waals surface area (Å²) in [6, 6.07) is 16.2. The predicted molar refractivity (Wildman–Crippen MR) is 92.0 cm³/mol. The SMILES string of the molecule is Cc1ccccc1CN(C)C(=O)CCn1cnc2ccccc21. The molecule has 4 heteroatoms. The van der Waals surface area contributed by atoms with Crippen LogP contribution in [0.3, 0.4) is 0 Å². The summed E-state index contributed by atoms with van der Waals surface area (Å²) < 4.78 is 2.04. The van der Waals surface area contributed by atoms with Crippen LogP contribution in [0.4, 0.5) is 0 Å². The second-order valence-corrected chi connectivity index (χ2v) is 5.85. The number of rotatable bonds is 5. The minimum absolute atomic E-state index is 0.144. The van der Waals surface area contributed by atoms with Crippen LogP contribution < -0.4 is 0 Å². The Morgan fingerprint density at radius 3 is 2.70 bits per heavy atom. The first-order valence-corrected chi connectivity index (χ1v) is 7.83. The summed E-state index contributed by atoms with van der Waals surface area (Å²) >= 11 is 0. The Kier molecular flexibility index (Phi) is 4.42. The maximum absolute atomic E-state index is 12.4. The van der Waals surface area contributed by atoms with E-state index >= 15 is 0 Å². The lowest BCUT2D eigenvalue weighted by molar-refractivity contribution is -0.130. The van der Waals surface area contributed by atoms with Crippen molar-refractivity contribution in [1.29, 1.82) is 0 Å². The third-order valence-corrected chi connectivity index (χ3v) is 4.19. The zero-order chi connectivity index (χ0) is 16.2. The fourth-order valence-electron chi connectivity index (χ4n) is 2.73. The smallest absolute Gasteiger partial charge is 0.224 e. The minimum atomic E-state index is 0.144. The molecular weight excluding hydrogens is 286 g/mol. The molecule has 1 heterocycles. The topological polar surface area (TPSA) is 38.1 Å². The number of carbonyl (C=O) groups excluding carboxylic acids is 1. The van der Waals surface area contributed by atoms with Crippen molar-refractivity contribution in [1.82, 2.24) is 14.5 Å². The van der Waals surface area contributed by atoms with Gasteiger partial charge in [-0.1, -0.05) is 36.4 Å². The Morgan fingerprint density at radius 1 is 1.13 bits per heavy atom. The number of benzene rings is 2. The van der Waals surface area contributed by atoms with Crippen molar-refractivity contribution in [3.63, 3.8) is 0 Å². The van der Waals surface area contributed by atoms with Gasteiger partial charge in [-0.25, -0.2) is 4.98 Å². The first-order valence-electron chi connectivity index (χ1n) is 7.83. The van der Waals surface area contributed by atoms with E-state index in [2.05, 4.69) is 24.0 Å². The number of nitrogens with zero attached hydrogens (tertiary/aromatic N) is 3. The maximum atomic E-state index is 12.4. The Hall–Kier alpha value is -2.62. The molecule has 0 aliphatic carbocycles. The molecule has 4 nitrogen and oxygen atoms in total. The first kappa shape index (κ1) is 15.3. The zero-order valence-electron chi connectivity index (χ0n) is 13.6.